The summed E-state index contributed by atoms with van der Waals surface area (Å²) < 4.78 is 105. The number of nitrogens with zero attached hydrogens (tertiary/aromatic N) is 2. The zero-order valence-electron chi connectivity index (χ0n) is 16.1. The number of hydrogen-bond acceptors (Lipinski definition) is 4. The van der Waals surface area contributed by atoms with E-state index in [1.54, 1.807) is 0 Å². The number of benzene rings is 1. The van der Waals surface area contributed by atoms with Crippen LogP contribution in [-0.2, 0) is 22.6 Å². The molecule has 1 unspecified atom stereocenters. The molecule has 0 aliphatic carbocycles. The van der Waals surface area contributed by atoms with Crippen molar-refractivity contribution in [2.24, 2.45) is 0 Å². The predicted molar refractivity (Wildman–Crippen MR) is 96.9 cm³/mol. The van der Waals surface area contributed by atoms with E-state index in [2.05, 4.69) is 4.98 Å². The summed E-state index contributed by atoms with van der Waals surface area (Å²) in [6.45, 7) is 1.73. The second-order valence-corrected chi connectivity index (χ2v) is 8.89. The van der Waals surface area contributed by atoms with Crippen LogP contribution >= 0.6 is 0 Å². The Morgan fingerprint density at radius 3 is 2.27 bits per heavy atom. The number of alkyl halides is 6. The van der Waals surface area contributed by atoms with Gasteiger partial charge >= 0.3 is 6.18 Å². The van der Waals surface area contributed by atoms with Crippen molar-refractivity contribution in [2.45, 2.75) is 50.5 Å². The molecule has 0 saturated heterocycles. The van der Waals surface area contributed by atoms with Gasteiger partial charge in [-0.25, -0.2) is 26.6 Å². The highest BCUT2D eigenvalue weighted by Crippen LogP contribution is 2.35. The molecule has 1 aromatic carbocycles. The van der Waals surface area contributed by atoms with Gasteiger partial charge in [-0.2, -0.15) is 13.2 Å². The number of halogens is 6. The predicted octanol–water partition coefficient (Wildman–Crippen LogP) is 4.02. The van der Waals surface area contributed by atoms with Gasteiger partial charge in [0, 0.05) is 11.1 Å². The van der Waals surface area contributed by atoms with Gasteiger partial charge in [0.15, 0.2) is 16.0 Å². The van der Waals surface area contributed by atoms with Crippen LogP contribution in [0.2, 0.25) is 0 Å². The van der Waals surface area contributed by atoms with Gasteiger partial charge in [-0.05, 0) is 26.0 Å². The zero-order valence-corrected chi connectivity index (χ0v) is 16.9. The average molecular weight is 456 g/mol. The van der Waals surface area contributed by atoms with Crippen molar-refractivity contribution in [3.05, 3.63) is 46.0 Å². The van der Waals surface area contributed by atoms with E-state index in [0.29, 0.717) is 30.0 Å². The van der Waals surface area contributed by atoms with E-state index in [-0.39, 0.29) is 16.8 Å². The van der Waals surface area contributed by atoms with E-state index in [1.165, 1.54) is 6.92 Å². The summed E-state index contributed by atoms with van der Waals surface area (Å²) in [5.41, 5.74) is -3.01. The summed E-state index contributed by atoms with van der Waals surface area (Å²) in [5.74, 6) is -4.37. The topological polar surface area (TPSA) is 69.0 Å². The fourth-order valence-electron chi connectivity index (χ4n) is 2.64. The Bertz CT molecular complexity index is 1110. The van der Waals surface area contributed by atoms with E-state index in [0.717, 1.165) is 13.0 Å². The molecule has 0 radical (unpaired) electrons. The molecule has 5 nitrogen and oxygen atoms in total. The third-order valence-corrected chi connectivity index (χ3v) is 6.27. The van der Waals surface area contributed by atoms with Crippen molar-refractivity contribution in [2.75, 3.05) is 5.75 Å². The Kier molecular flexibility index (Phi) is 6.41. The second kappa shape index (κ2) is 8.05. The van der Waals surface area contributed by atoms with E-state index >= 15 is 0 Å². The van der Waals surface area contributed by atoms with Crippen molar-refractivity contribution >= 4 is 9.84 Å². The average Bonchev–Trinajstić information content (AvgIpc) is 2.64. The van der Waals surface area contributed by atoms with Crippen LogP contribution < -0.4 is 5.56 Å². The van der Waals surface area contributed by atoms with Crippen LogP contribution in [0.3, 0.4) is 0 Å². The van der Waals surface area contributed by atoms with E-state index in [4.69, 9.17) is 0 Å². The molecule has 0 aliphatic rings. The number of aromatic nitrogens is 2. The molecule has 0 aliphatic heterocycles. The molecule has 1 heterocycles. The van der Waals surface area contributed by atoms with Gasteiger partial charge in [-0.15, -0.1) is 0 Å². The quantitative estimate of drug-likeness (QED) is 0.616. The van der Waals surface area contributed by atoms with Crippen molar-refractivity contribution < 1.29 is 34.8 Å². The van der Waals surface area contributed by atoms with Crippen LogP contribution in [0.4, 0.5) is 26.3 Å². The van der Waals surface area contributed by atoms with Gasteiger partial charge in [-0.3, -0.25) is 9.36 Å². The summed E-state index contributed by atoms with van der Waals surface area (Å²) in [4.78, 5) is 15.6. The SMILES string of the molecule is CCS(=O)(=O)c1cc(C(F)(F)F)ccc1-c1ncn(CC(F)(F)C(C)F)c(=O)c1C. The Hall–Kier alpha value is -2.37. The molecule has 1 atom stereocenters. The standard InChI is InChI=1S/C18H18F6N2O3S/c1-4-30(28,29)14-7-12(18(22,23)24)5-6-13(14)15-10(2)16(27)26(9-25-15)8-17(20,21)11(3)19/h5-7,9,11H,4,8H2,1-3H3. The molecule has 0 fully saturated rings. The van der Waals surface area contributed by atoms with Gasteiger partial charge in [0.1, 0.15) is 0 Å². The lowest BCUT2D eigenvalue weighted by atomic mass is 10.1. The summed E-state index contributed by atoms with van der Waals surface area (Å²) >= 11 is 0. The minimum atomic E-state index is -4.81. The summed E-state index contributed by atoms with van der Waals surface area (Å²) in [6, 6.07) is 1.94. The molecule has 1 aromatic heterocycles. The van der Waals surface area contributed by atoms with Crippen LogP contribution in [0.25, 0.3) is 11.3 Å². The van der Waals surface area contributed by atoms with Crippen LogP contribution in [0.5, 0.6) is 0 Å². The molecule has 166 valence electrons. The van der Waals surface area contributed by atoms with E-state index in [1.807, 2.05) is 0 Å². The molecule has 0 bridgehead atoms. The van der Waals surface area contributed by atoms with Gasteiger partial charge < -0.3 is 0 Å². The highest BCUT2D eigenvalue weighted by atomic mass is 32.2. The molecule has 0 N–H and O–H groups in total. The third-order valence-electron chi connectivity index (χ3n) is 4.51. The minimum absolute atomic E-state index is 0.266. The minimum Gasteiger partial charge on any atom is -0.293 e. The highest BCUT2D eigenvalue weighted by molar-refractivity contribution is 7.91. The summed E-state index contributed by atoms with van der Waals surface area (Å²) in [6.07, 6.45) is -6.67. The molecular formula is C18H18F6N2O3S. The Morgan fingerprint density at radius 2 is 1.77 bits per heavy atom. The Labute approximate surface area is 168 Å². The molecule has 0 saturated carbocycles. The molecule has 0 spiro atoms. The Balaban J connectivity index is 2.70. The van der Waals surface area contributed by atoms with Crippen molar-refractivity contribution in [1.29, 1.82) is 0 Å². The summed E-state index contributed by atoms with van der Waals surface area (Å²) in [5, 5.41) is 0. The van der Waals surface area contributed by atoms with Crippen LogP contribution in [0, 0.1) is 6.92 Å². The van der Waals surface area contributed by atoms with Gasteiger partial charge in [0.05, 0.1) is 34.8 Å². The number of hydrogen-bond donors (Lipinski definition) is 0. The van der Waals surface area contributed by atoms with Crippen LogP contribution in [0.1, 0.15) is 25.0 Å². The van der Waals surface area contributed by atoms with Crippen LogP contribution in [0.15, 0.2) is 34.2 Å². The second-order valence-electron chi connectivity index (χ2n) is 6.64. The maximum Gasteiger partial charge on any atom is 0.416 e. The van der Waals surface area contributed by atoms with Gasteiger partial charge in [0.2, 0.25) is 0 Å². The van der Waals surface area contributed by atoms with Gasteiger partial charge in [-0.1, -0.05) is 13.0 Å². The molecule has 30 heavy (non-hydrogen) atoms. The summed E-state index contributed by atoms with van der Waals surface area (Å²) in [7, 11) is -4.16. The maximum absolute atomic E-state index is 13.6. The van der Waals surface area contributed by atoms with Crippen molar-refractivity contribution in [1.82, 2.24) is 9.55 Å². The fraction of sp³-hybridized carbons (Fsp3) is 0.444. The smallest absolute Gasteiger partial charge is 0.293 e. The molecule has 0 amide bonds. The maximum atomic E-state index is 13.6. The van der Waals surface area contributed by atoms with Crippen molar-refractivity contribution in [3.63, 3.8) is 0 Å². The largest absolute Gasteiger partial charge is 0.416 e. The van der Waals surface area contributed by atoms with Crippen molar-refractivity contribution in [3.8, 4) is 11.3 Å². The fourth-order valence-corrected chi connectivity index (χ4v) is 3.75. The van der Waals surface area contributed by atoms with E-state index in [9.17, 15) is 39.6 Å². The lowest BCUT2D eigenvalue weighted by molar-refractivity contribution is -0.137. The first-order valence-electron chi connectivity index (χ1n) is 8.64. The molecular weight excluding hydrogens is 438 g/mol. The van der Waals surface area contributed by atoms with Crippen LogP contribution in [-0.4, -0.2) is 35.8 Å². The lowest BCUT2D eigenvalue weighted by Crippen LogP contribution is -2.37. The molecule has 2 rings (SSSR count). The lowest BCUT2D eigenvalue weighted by Gasteiger charge is -2.20. The first kappa shape index (κ1) is 23.9. The molecule has 12 heteroatoms. The first-order valence-corrected chi connectivity index (χ1v) is 10.3. The highest BCUT2D eigenvalue weighted by Gasteiger charge is 2.38. The number of rotatable bonds is 6. The van der Waals surface area contributed by atoms with Gasteiger partial charge in [0.25, 0.3) is 11.5 Å². The normalized spacial score (nSPS) is 14.0. The zero-order chi connectivity index (χ0) is 23.1. The monoisotopic (exact) mass is 456 g/mol. The van der Waals surface area contributed by atoms with E-state index < -0.39 is 56.4 Å². The number of sulfone groups is 1. The first-order chi connectivity index (χ1) is 13.6. The third kappa shape index (κ3) is 4.68. The Morgan fingerprint density at radius 1 is 1.17 bits per heavy atom. The molecule has 2 aromatic rings.